The number of para-hydroxylation sites is 1. The molecule has 0 bridgehead atoms. The lowest BCUT2D eigenvalue weighted by Crippen LogP contribution is -2.39. The monoisotopic (exact) mass is 364 g/mol. The average Bonchev–Trinajstić information content (AvgIpc) is 3.33. The molecule has 3 aromatic rings. The van der Waals surface area contributed by atoms with E-state index in [1.807, 2.05) is 11.0 Å². The normalized spacial score (nSPS) is 20.0. The summed E-state index contributed by atoms with van der Waals surface area (Å²) in [5.74, 6) is 1.66. The minimum Gasteiger partial charge on any atom is -0.350 e. The van der Waals surface area contributed by atoms with E-state index in [0.717, 1.165) is 73.2 Å². The molecule has 0 unspecified atom stereocenters. The number of carbonyl (C=O) groups is 1. The zero-order chi connectivity index (χ0) is 18.4. The molecule has 1 atom stereocenters. The van der Waals surface area contributed by atoms with Gasteiger partial charge >= 0.3 is 0 Å². The fourth-order valence-corrected chi connectivity index (χ4v) is 4.48. The highest BCUT2D eigenvalue weighted by molar-refractivity contribution is 5.93. The van der Waals surface area contributed by atoms with Crippen LogP contribution in [0.1, 0.15) is 64.8 Å². The second-order valence-corrected chi connectivity index (χ2v) is 7.83. The third-order valence-electron chi connectivity index (χ3n) is 5.98. The standard InChI is InChI=1S/C21H24N4O2/c1-13-6-4-10-17-18(13)23-20(22-17)14-7-5-11-25(12-14)21(26)19-15-8-2-3-9-16(15)24-27-19/h4,6,10,14H,2-3,5,7-9,11-12H2,1H3,(H,22,23)/t14-/m0/s1. The van der Waals surface area contributed by atoms with E-state index in [1.54, 1.807) is 0 Å². The number of imidazole rings is 1. The number of H-pyrrole nitrogens is 1. The van der Waals surface area contributed by atoms with Crippen molar-refractivity contribution in [2.45, 2.75) is 51.4 Å². The predicted molar refractivity (Wildman–Crippen MR) is 102 cm³/mol. The highest BCUT2D eigenvalue weighted by atomic mass is 16.5. The van der Waals surface area contributed by atoms with Gasteiger partial charge < -0.3 is 14.4 Å². The molecule has 27 heavy (non-hydrogen) atoms. The maximum Gasteiger partial charge on any atom is 0.292 e. The maximum absolute atomic E-state index is 13.1. The summed E-state index contributed by atoms with van der Waals surface area (Å²) in [7, 11) is 0. The number of aryl methyl sites for hydroxylation is 2. The summed E-state index contributed by atoms with van der Waals surface area (Å²) < 4.78 is 5.47. The Morgan fingerprint density at radius 2 is 2.15 bits per heavy atom. The fraction of sp³-hybridized carbons (Fsp3) is 0.476. The van der Waals surface area contributed by atoms with Crippen LogP contribution in [0.15, 0.2) is 22.7 Å². The van der Waals surface area contributed by atoms with E-state index in [4.69, 9.17) is 9.51 Å². The summed E-state index contributed by atoms with van der Waals surface area (Å²) in [6, 6.07) is 6.19. The number of amides is 1. The summed E-state index contributed by atoms with van der Waals surface area (Å²) in [6.45, 7) is 3.52. The summed E-state index contributed by atoms with van der Waals surface area (Å²) >= 11 is 0. The van der Waals surface area contributed by atoms with Crippen LogP contribution in [0.5, 0.6) is 0 Å². The number of piperidine rings is 1. The number of benzene rings is 1. The van der Waals surface area contributed by atoms with Crippen LogP contribution in [0, 0.1) is 6.92 Å². The van der Waals surface area contributed by atoms with Crippen molar-refractivity contribution < 1.29 is 9.32 Å². The van der Waals surface area contributed by atoms with E-state index in [2.05, 4.69) is 29.2 Å². The van der Waals surface area contributed by atoms with Crippen molar-refractivity contribution in [3.8, 4) is 0 Å². The Hall–Kier alpha value is -2.63. The molecule has 5 rings (SSSR count). The van der Waals surface area contributed by atoms with Gasteiger partial charge in [-0.15, -0.1) is 0 Å². The second-order valence-electron chi connectivity index (χ2n) is 7.83. The Kier molecular flexibility index (Phi) is 3.99. The smallest absolute Gasteiger partial charge is 0.292 e. The SMILES string of the molecule is Cc1cccc2[nH]c([C@H]3CCCN(C(=O)c4onc5c4CCCC5)C3)nc12. The third kappa shape index (κ3) is 2.83. The zero-order valence-corrected chi connectivity index (χ0v) is 15.6. The quantitative estimate of drug-likeness (QED) is 0.751. The van der Waals surface area contributed by atoms with Crippen LogP contribution < -0.4 is 0 Å². The van der Waals surface area contributed by atoms with E-state index in [-0.39, 0.29) is 11.8 Å². The molecular formula is C21H24N4O2. The number of aromatic nitrogens is 3. The molecule has 6 heteroatoms. The summed E-state index contributed by atoms with van der Waals surface area (Å²) in [6.07, 6.45) is 6.08. The van der Waals surface area contributed by atoms with E-state index in [1.165, 1.54) is 5.56 Å². The number of rotatable bonds is 2. The molecule has 2 aliphatic rings. The first kappa shape index (κ1) is 16.5. The lowest BCUT2D eigenvalue weighted by molar-refractivity contribution is 0.0661. The van der Waals surface area contributed by atoms with Crippen LogP contribution in [-0.4, -0.2) is 39.0 Å². The van der Waals surface area contributed by atoms with E-state index >= 15 is 0 Å². The minimum atomic E-state index is -0.0114. The van der Waals surface area contributed by atoms with Crippen LogP contribution in [0.4, 0.5) is 0 Å². The number of nitrogens with one attached hydrogen (secondary N) is 1. The molecule has 1 aliphatic carbocycles. The van der Waals surface area contributed by atoms with Crippen molar-refractivity contribution in [2.75, 3.05) is 13.1 Å². The molecule has 6 nitrogen and oxygen atoms in total. The molecule has 140 valence electrons. The molecule has 3 heterocycles. The highest BCUT2D eigenvalue weighted by Crippen LogP contribution is 2.30. The van der Waals surface area contributed by atoms with Gasteiger partial charge in [-0.2, -0.15) is 0 Å². The lowest BCUT2D eigenvalue weighted by atomic mass is 9.94. The molecule has 1 N–H and O–H groups in total. The van der Waals surface area contributed by atoms with Gasteiger partial charge in [0.25, 0.3) is 5.91 Å². The Morgan fingerprint density at radius 1 is 1.26 bits per heavy atom. The minimum absolute atomic E-state index is 0.0114. The number of nitrogens with zero attached hydrogens (tertiary/aromatic N) is 3. The van der Waals surface area contributed by atoms with Gasteiger partial charge in [-0.05, 0) is 57.1 Å². The number of hydrogen-bond donors (Lipinski definition) is 1. The molecule has 1 fully saturated rings. The summed E-state index contributed by atoms with van der Waals surface area (Å²) in [5.41, 5.74) is 5.28. The van der Waals surface area contributed by atoms with Gasteiger partial charge in [-0.25, -0.2) is 4.98 Å². The van der Waals surface area contributed by atoms with Gasteiger partial charge in [0.1, 0.15) is 5.82 Å². The maximum atomic E-state index is 13.1. The van der Waals surface area contributed by atoms with Gasteiger partial charge in [-0.3, -0.25) is 4.79 Å². The van der Waals surface area contributed by atoms with Crippen LogP contribution in [0.25, 0.3) is 11.0 Å². The Bertz CT molecular complexity index is 1000. The Balaban J connectivity index is 1.39. The van der Waals surface area contributed by atoms with Gasteiger partial charge in [-0.1, -0.05) is 17.3 Å². The van der Waals surface area contributed by atoms with Crippen LogP contribution >= 0.6 is 0 Å². The van der Waals surface area contributed by atoms with Crippen molar-refractivity contribution in [1.29, 1.82) is 0 Å². The Morgan fingerprint density at radius 3 is 3.04 bits per heavy atom. The second kappa shape index (κ2) is 6.51. The summed E-state index contributed by atoms with van der Waals surface area (Å²) in [4.78, 5) is 23.3. The molecular weight excluding hydrogens is 340 g/mol. The number of fused-ring (bicyclic) bond motifs is 2. The van der Waals surface area contributed by atoms with Gasteiger partial charge in [0.05, 0.1) is 16.7 Å². The topological polar surface area (TPSA) is 75.0 Å². The number of aromatic amines is 1. The van der Waals surface area contributed by atoms with Gasteiger partial charge in [0.15, 0.2) is 0 Å². The molecule has 1 saturated heterocycles. The first-order valence-electron chi connectivity index (χ1n) is 9.92. The van der Waals surface area contributed by atoms with E-state index in [0.29, 0.717) is 12.3 Å². The Labute approximate surface area is 157 Å². The van der Waals surface area contributed by atoms with Gasteiger partial charge in [0, 0.05) is 24.6 Å². The molecule has 1 amide bonds. The van der Waals surface area contributed by atoms with Crippen molar-refractivity contribution in [3.05, 3.63) is 46.6 Å². The van der Waals surface area contributed by atoms with Gasteiger partial charge in [0.2, 0.25) is 5.76 Å². The first-order chi connectivity index (χ1) is 13.2. The lowest BCUT2D eigenvalue weighted by Gasteiger charge is -2.31. The molecule has 1 aliphatic heterocycles. The van der Waals surface area contributed by atoms with Crippen molar-refractivity contribution in [1.82, 2.24) is 20.0 Å². The van der Waals surface area contributed by atoms with Crippen molar-refractivity contribution >= 4 is 16.9 Å². The molecule has 1 aromatic carbocycles. The van der Waals surface area contributed by atoms with Crippen molar-refractivity contribution in [3.63, 3.8) is 0 Å². The number of carbonyl (C=O) groups excluding carboxylic acids is 1. The predicted octanol–water partition coefficient (Wildman–Crippen LogP) is 3.76. The molecule has 0 saturated carbocycles. The molecule has 0 radical (unpaired) electrons. The zero-order valence-electron chi connectivity index (χ0n) is 15.6. The fourth-order valence-electron chi connectivity index (χ4n) is 4.48. The average molecular weight is 364 g/mol. The molecule has 0 spiro atoms. The first-order valence-corrected chi connectivity index (χ1v) is 9.92. The van der Waals surface area contributed by atoms with Crippen molar-refractivity contribution in [2.24, 2.45) is 0 Å². The van der Waals surface area contributed by atoms with Crippen LogP contribution in [0.2, 0.25) is 0 Å². The third-order valence-corrected chi connectivity index (χ3v) is 5.98. The highest BCUT2D eigenvalue weighted by Gasteiger charge is 2.32. The van der Waals surface area contributed by atoms with E-state index < -0.39 is 0 Å². The van der Waals surface area contributed by atoms with Crippen LogP contribution in [-0.2, 0) is 12.8 Å². The molecule has 2 aromatic heterocycles. The summed E-state index contributed by atoms with van der Waals surface area (Å²) in [5, 5.41) is 4.15. The van der Waals surface area contributed by atoms with E-state index in [9.17, 15) is 4.79 Å². The van der Waals surface area contributed by atoms with Crippen LogP contribution in [0.3, 0.4) is 0 Å². The number of likely N-dealkylation sites (tertiary alicyclic amines) is 1. The largest absolute Gasteiger partial charge is 0.350 e. The number of hydrogen-bond acceptors (Lipinski definition) is 4.